The smallest absolute Gasteiger partial charge is 0.103 e. The second-order valence-electron chi connectivity index (χ2n) is 5.14. The molecule has 1 heterocycles. The third-order valence-corrected chi connectivity index (χ3v) is 3.29. The second-order valence-corrected chi connectivity index (χ2v) is 5.14. The Morgan fingerprint density at radius 1 is 1.00 bits per heavy atom. The summed E-state index contributed by atoms with van der Waals surface area (Å²) >= 11 is 0. The van der Waals surface area contributed by atoms with Gasteiger partial charge in [0.05, 0.1) is 12.7 Å². The van der Waals surface area contributed by atoms with E-state index in [1.54, 1.807) is 0 Å². The average Bonchev–Trinajstić information content (AvgIpc) is 2.40. The highest BCUT2D eigenvalue weighted by Gasteiger charge is 2.28. The Morgan fingerprint density at radius 3 is 1.94 bits per heavy atom. The number of hydrogen-bond acceptors (Lipinski definition) is 3. The monoisotopic (exact) mass is 259 g/mol. The maximum absolute atomic E-state index is 9.26. The van der Waals surface area contributed by atoms with E-state index in [2.05, 4.69) is 13.8 Å². The van der Waals surface area contributed by atoms with Crippen LogP contribution in [-0.2, 0) is 4.74 Å². The number of rotatable bonds is 9. The van der Waals surface area contributed by atoms with E-state index in [0.717, 1.165) is 19.4 Å². The minimum atomic E-state index is -0.171. The van der Waals surface area contributed by atoms with Gasteiger partial charge in [-0.25, -0.2) is 0 Å². The minimum Gasteiger partial charge on any atom is -0.388 e. The Balaban J connectivity index is 0.000000631. The highest BCUT2D eigenvalue weighted by atomic mass is 16.5. The van der Waals surface area contributed by atoms with Gasteiger partial charge in [-0.1, -0.05) is 58.8 Å². The summed E-state index contributed by atoms with van der Waals surface area (Å²) in [5, 5.41) is 9.26. The van der Waals surface area contributed by atoms with E-state index in [0.29, 0.717) is 6.61 Å². The summed E-state index contributed by atoms with van der Waals surface area (Å²) in [6.07, 6.45) is 11.5. The number of ether oxygens (including phenoxy) is 1. The lowest BCUT2D eigenvalue weighted by molar-refractivity contribution is -0.164. The van der Waals surface area contributed by atoms with Crippen LogP contribution in [0.25, 0.3) is 0 Å². The van der Waals surface area contributed by atoms with Crippen LogP contribution in [0.1, 0.15) is 71.6 Å². The van der Waals surface area contributed by atoms with Crippen molar-refractivity contribution >= 4 is 0 Å². The third kappa shape index (κ3) is 9.86. The van der Waals surface area contributed by atoms with E-state index in [-0.39, 0.29) is 12.2 Å². The summed E-state index contributed by atoms with van der Waals surface area (Å²) in [5.41, 5.74) is 5.03. The van der Waals surface area contributed by atoms with Gasteiger partial charge in [0.25, 0.3) is 0 Å². The Bertz CT molecular complexity index is 163. The first kappa shape index (κ1) is 17.9. The molecule has 0 spiro atoms. The van der Waals surface area contributed by atoms with E-state index in [1.807, 2.05) is 0 Å². The van der Waals surface area contributed by atoms with Crippen molar-refractivity contribution in [3.63, 3.8) is 0 Å². The Hall–Kier alpha value is -0.120. The molecule has 0 aromatic rings. The average molecular weight is 259 g/mol. The predicted molar refractivity (Wildman–Crippen MR) is 77.7 cm³/mol. The first-order chi connectivity index (χ1) is 8.76. The molecule has 0 amide bonds. The van der Waals surface area contributed by atoms with Crippen molar-refractivity contribution in [2.45, 2.75) is 83.8 Å². The maximum atomic E-state index is 9.26. The van der Waals surface area contributed by atoms with E-state index in [4.69, 9.17) is 10.5 Å². The summed E-state index contributed by atoms with van der Waals surface area (Å²) in [6.45, 7) is 5.68. The van der Waals surface area contributed by atoms with Crippen molar-refractivity contribution in [1.29, 1.82) is 0 Å². The van der Waals surface area contributed by atoms with E-state index in [9.17, 15) is 5.11 Å². The van der Waals surface area contributed by atoms with E-state index in [1.165, 1.54) is 44.9 Å². The van der Waals surface area contributed by atoms with Crippen molar-refractivity contribution in [1.82, 2.24) is 0 Å². The molecule has 3 N–H and O–H groups in total. The fourth-order valence-corrected chi connectivity index (χ4v) is 1.90. The van der Waals surface area contributed by atoms with Gasteiger partial charge in [0, 0.05) is 0 Å². The van der Waals surface area contributed by atoms with Gasteiger partial charge in [-0.05, 0) is 19.4 Å². The van der Waals surface area contributed by atoms with Crippen LogP contribution < -0.4 is 5.73 Å². The molecule has 1 fully saturated rings. The molecule has 0 radical (unpaired) electrons. The maximum Gasteiger partial charge on any atom is 0.103 e. The summed E-state index contributed by atoms with van der Waals surface area (Å²) in [4.78, 5) is 0. The van der Waals surface area contributed by atoms with Crippen molar-refractivity contribution in [2.75, 3.05) is 13.2 Å². The predicted octanol–water partition coefficient (Wildman–Crippen LogP) is 3.24. The van der Waals surface area contributed by atoms with E-state index < -0.39 is 0 Å². The fourth-order valence-electron chi connectivity index (χ4n) is 1.90. The van der Waals surface area contributed by atoms with Crippen LogP contribution in [-0.4, -0.2) is 30.5 Å². The number of nitrogens with two attached hydrogens (primary N) is 1. The molecule has 2 atom stereocenters. The van der Waals surface area contributed by atoms with Gasteiger partial charge in [0.1, 0.15) is 6.10 Å². The van der Waals surface area contributed by atoms with E-state index >= 15 is 0 Å². The van der Waals surface area contributed by atoms with Gasteiger partial charge in [0.15, 0.2) is 0 Å². The van der Waals surface area contributed by atoms with Crippen LogP contribution in [0.3, 0.4) is 0 Å². The normalized spacial score (nSPS) is 22.0. The van der Waals surface area contributed by atoms with Crippen molar-refractivity contribution < 1.29 is 9.84 Å². The molecule has 1 rings (SSSR count). The second kappa shape index (κ2) is 13.3. The molecule has 1 saturated heterocycles. The van der Waals surface area contributed by atoms with Crippen LogP contribution in [0.5, 0.6) is 0 Å². The number of unbranched alkanes of at least 4 members (excludes halogenated alkanes) is 6. The molecule has 0 aromatic carbocycles. The van der Waals surface area contributed by atoms with Gasteiger partial charge in [-0.3, -0.25) is 0 Å². The largest absolute Gasteiger partial charge is 0.388 e. The molecule has 18 heavy (non-hydrogen) atoms. The molecule has 3 nitrogen and oxygen atoms in total. The molecule has 110 valence electrons. The zero-order valence-electron chi connectivity index (χ0n) is 12.4. The standard InChI is InChI=1S/C12H24O2.C3H9N/c1-2-3-4-5-6-7-8-9-12-11(13)10-14-12;1-2-3-4/h11-13H,2-10H2,1H3;2-4H2,1H3. The molecule has 0 aromatic heterocycles. The molecule has 0 saturated carbocycles. The minimum absolute atomic E-state index is 0.158. The first-order valence-electron chi connectivity index (χ1n) is 7.75. The van der Waals surface area contributed by atoms with Crippen LogP contribution in [0.2, 0.25) is 0 Å². The fraction of sp³-hybridized carbons (Fsp3) is 1.00. The lowest BCUT2D eigenvalue weighted by atomic mass is 10.0. The molecule has 3 heteroatoms. The summed E-state index contributed by atoms with van der Waals surface area (Å²) < 4.78 is 5.24. The van der Waals surface area contributed by atoms with Gasteiger partial charge >= 0.3 is 0 Å². The Kier molecular flexibility index (Phi) is 13.2. The van der Waals surface area contributed by atoms with Crippen molar-refractivity contribution in [2.24, 2.45) is 5.73 Å². The summed E-state index contributed by atoms with van der Waals surface area (Å²) in [5.74, 6) is 0. The topological polar surface area (TPSA) is 55.5 Å². The van der Waals surface area contributed by atoms with Gasteiger partial charge < -0.3 is 15.6 Å². The van der Waals surface area contributed by atoms with Crippen LogP contribution in [0, 0.1) is 0 Å². The zero-order valence-corrected chi connectivity index (χ0v) is 12.4. The lowest BCUT2D eigenvalue weighted by Crippen LogP contribution is -2.44. The zero-order chi connectivity index (χ0) is 13.6. The molecule has 1 aliphatic rings. The molecule has 0 bridgehead atoms. The van der Waals surface area contributed by atoms with Crippen LogP contribution in [0.4, 0.5) is 0 Å². The first-order valence-corrected chi connectivity index (χ1v) is 7.75. The van der Waals surface area contributed by atoms with Gasteiger partial charge in [-0.2, -0.15) is 0 Å². The highest BCUT2D eigenvalue weighted by molar-refractivity contribution is 4.77. The van der Waals surface area contributed by atoms with Crippen molar-refractivity contribution in [3.05, 3.63) is 0 Å². The summed E-state index contributed by atoms with van der Waals surface area (Å²) in [7, 11) is 0. The van der Waals surface area contributed by atoms with Crippen LogP contribution >= 0.6 is 0 Å². The lowest BCUT2D eigenvalue weighted by Gasteiger charge is -2.32. The molecule has 0 aliphatic carbocycles. The van der Waals surface area contributed by atoms with Crippen molar-refractivity contribution in [3.8, 4) is 0 Å². The SMILES string of the molecule is CCCCCCCCCC1OCC1O.CCCN. The van der Waals surface area contributed by atoms with Crippen LogP contribution in [0.15, 0.2) is 0 Å². The number of aliphatic hydroxyl groups excluding tert-OH is 1. The molecular formula is C15H33NO2. The Morgan fingerprint density at radius 2 is 1.56 bits per heavy atom. The Labute approximate surface area is 113 Å². The third-order valence-electron chi connectivity index (χ3n) is 3.29. The van der Waals surface area contributed by atoms with Gasteiger partial charge in [0.2, 0.25) is 0 Å². The van der Waals surface area contributed by atoms with Gasteiger partial charge in [-0.15, -0.1) is 0 Å². The molecule has 2 unspecified atom stereocenters. The summed E-state index contributed by atoms with van der Waals surface area (Å²) in [6, 6.07) is 0. The highest BCUT2D eigenvalue weighted by Crippen LogP contribution is 2.19. The molecule has 1 aliphatic heterocycles. The molecular weight excluding hydrogens is 226 g/mol. The quantitative estimate of drug-likeness (QED) is 0.625. The number of hydrogen-bond donors (Lipinski definition) is 2. The number of aliphatic hydroxyl groups is 1.